The van der Waals surface area contributed by atoms with Crippen LogP contribution in [0.2, 0.25) is 10.0 Å². The summed E-state index contributed by atoms with van der Waals surface area (Å²) < 4.78 is 64.0. The number of benzene rings is 3. The van der Waals surface area contributed by atoms with Crippen LogP contribution in [0.25, 0.3) is 0 Å². The molecule has 1 N–H and O–H groups in total. The molecule has 232 valence electrons. The van der Waals surface area contributed by atoms with Crippen molar-refractivity contribution < 1.29 is 26.7 Å². The fourth-order valence-corrected chi connectivity index (χ4v) is 8.32. The Morgan fingerprint density at radius 3 is 2.25 bits per heavy atom. The zero-order valence-corrected chi connectivity index (χ0v) is 26.1. The van der Waals surface area contributed by atoms with Gasteiger partial charge in [0.2, 0.25) is 10.0 Å². The first kappa shape index (κ1) is 31.0. The molecule has 1 amide bonds. The number of amides is 1. The second-order valence-corrected chi connectivity index (χ2v) is 14.8. The number of morpholine rings is 1. The van der Waals surface area contributed by atoms with Gasteiger partial charge >= 0.3 is 0 Å². The van der Waals surface area contributed by atoms with E-state index in [-0.39, 0.29) is 24.7 Å². The van der Waals surface area contributed by atoms with E-state index >= 15 is 0 Å². The van der Waals surface area contributed by atoms with E-state index < -0.39 is 56.4 Å². The minimum Gasteiger partial charge on any atom is -0.358 e. The van der Waals surface area contributed by atoms with Gasteiger partial charge in [0.25, 0.3) is 5.91 Å². The lowest BCUT2D eigenvalue weighted by atomic mass is 9.88. The average molecular weight is 662 g/mol. The van der Waals surface area contributed by atoms with E-state index in [0.29, 0.717) is 22.9 Å². The van der Waals surface area contributed by atoms with E-state index in [0.717, 1.165) is 36.1 Å². The van der Waals surface area contributed by atoms with Gasteiger partial charge in [0, 0.05) is 22.5 Å². The van der Waals surface area contributed by atoms with Crippen molar-refractivity contribution in [1.29, 1.82) is 0 Å². The van der Waals surface area contributed by atoms with Crippen LogP contribution >= 0.6 is 23.2 Å². The number of nitrogens with zero attached hydrogens (tertiary/aromatic N) is 1. The number of hydrogen-bond donors (Lipinski definition) is 1. The second-order valence-electron chi connectivity index (χ2n) is 11.9. The zero-order valence-electron chi connectivity index (χ0n) is 23.8. The van der Waals surface area contributed by atoms with Crippen LogP contribution in [0.5, 0.6) is 0 Å². The van der Waals surface area contributed by atoms with Crippen molar-refractivity contribution in [1.82, 2.24) is 4.90 Å². The average Bonchev–Trinajstić information content (AvgIpc) is 3.91. The molecule has 11 heteroatoms. The first-order valence-electron chi connectivity index (χ1n) is 14.6. The summed E-state index contributed by atoms with van der Waals surface area (Å²) in [5.74, 6) is -2.20. The summed E-state index contributed by atoms with van der Waals surface area (Å²) >= 11 is 12.6. The van der Waals surface area contributed by atoms with Gasteiger partial charge in [-0.15, -0.1) is 6.58 Å². The number of ether oxygens (including phenoxy) is 1. The maximum absolute atomic E-state index is 14.5. The third kappa shape index (κ3) is 5.99. The molecule has 0 unspecified atom stereocenters. The van der Waals surface area contributed by atoms with Gasteiger partial charge in [-0.1, -0.05) is 59.6 Å². The summed E-state index contributed by atoms with van der Waals surface area (Å²) in [5, 5.41) is 1.04. The molecule has 0 radical (unpaired) electrons. The quantitative estimate of drug-likeness (QED) is 0.212. The third-order valence-corrected chi connectivity index (χ3v) is 11.6. The van der Waals surface area contributed by atoms with Gasteiger partial charge in [0.1, 0.15) is 29.5 Å². The number of carbonyl (C=O) groups excluding carboxylic acids is 1. The monoisotopic (exact) mass is 660 g/mol. The van der Waals surface area contributed by atoms with Gasteiger partial charge in [0.15, 0.2) is 0 Å². The summed E-state index contributed by atoms with van der Waals surface area (Å²) in [6.07, 6.45) is 2.78. The SMILES string of the molecule is C=CC[C@H]1O[C@H](c2cccc(Cl)c2)[C@@H](c2ccc(Cl)cc2)N([C@@H](CC2(S(=O)(=O)Nc3c(F)cccc3F)CC2)C2CC2)C1=O. The molecule has 6 nitrogen and oxygen atoms in total. The number of nitrogens with one attached hydrogen (secondary N) is 1. The lowest BCUT2D eigenvalue weighted by Gasteiger charge is -2.49. The van der Waals surface area contributed by atoms with Crippen LogP contribution in [0.4, 0.5) is 14.5 Å². The molecule has 3 aliphatic rings. The molecule has 44 heavy (non-hydrogen) atoms. The molecule has 1 saturated heterocycles. The fraction of sp³-hybridized carbons (Fsp3) is 0.364. The highest BCUT2D eigenvalue weighted by Gasteiger charge is 2.60. The molecular weight excluding hydrogens is 629 g/mol. The molecular formula is C33H32Cl2F2N2O4S. The van der Waals surface area contributed by atoms with E-state index in [2.05, 4.69) is 11.3 Å². The molecule has 1 aliphatic heterocycles. The fourth-order valence-electron chi connectivity index (χ4n) is 6.29. The molecule has 0 spiro atoms. The molecule has 0 bridgehead atoms. The summed E-state index contributed by atoms with van der Waals surface area (Å²) in [5.41, 5.74) is 0.842. The number of sulfonamides is 1. The maximum Gasteiger partial charge on any atom is 0.252 e. The molecule has 2 aliphatic carbocycles. The Morgan fingerprint density at radius 2 is 1.66 bits per heavy atom. The number of hydrogen-bond acceptors (Lipinski definition) is 4. The molecule has 0 aromatic heterocycles. The Kier molecular flexibility index (Phi) is 8.52. The Morgan fingerprint density at radius 1 is 1.00 bits per heavy atom. The normalized spacial score (nSPS) is 23.7. The molecule has 4 atom stereocenters. The van der Waals surface area contributed by atoms with Crippen molar-refractivity contribution in [3.63, 3.8) is 0 Å². The summed E-state index contributed by atoms with van der Waals surface area (Å²) in [6, 6.07) is 16.5. The van der Waals surface area contributed by atoms with Gasteiger partial charge in [-0.05, 0) is 85.5 Å². The van der Waals surface area contributed by atoms with Crippen molar-refractivity contribution in [2.24, 2.45) is 5.92 Å². The first-order valence-corrected chi connectivity index (χ1v) is 16.8. The van der Waals surface area contributed by atoms with Crippen LogP contribution in [0.1, 0.15) is 61.8 Å². The number of rotatable bonds is 11. The number of halogens is 4. The van der Waals surface area contributed by atoms with Gasteiger partial charge < -0.3 is 9.64 Å². The summed E-state index contributed by atoms with van der Waals surface area (Å²) in [7, 11) is -4.24. The zero-order chi connectivity index (χ0) is 31.2. The standard InChI is InChI=1S/C33H32Cl2F2N2O4S/c1-2-5-28-32(40)39(30(21-12-14-23(34)15-13-21)31(43-28)22-6-3-7-24(35)18-22)27(20-10-11-20)19-33(16-17-33)44(41,42)38-29-25(36)8-4-9-26(29)37/h2-4,6-9,12-15,18,20,27-28,30-31,38H,1,5,10-11,16-17,19H2/t27-,28+,30+,31+/m0/s1. The van der Waals surface area contributed by atoms with Crippen LogP contribution < -0.4 is 4.72 Å². The molecule has 2 saturated carbocycles. The predicted molar refractivity (Wildman–Crippen MR) is 167 cm³/mol. The highest BCUT2D eigenvalue weighted by Crippen LogP contribution is 2.55. The molecule has 6 rings (SSSR count). The Bertz CT molecular complexity index is 1660. The third-order valence-electron chi connectivity index (χ3n) is 8.88. The van der Waals surface area contributed by atoms with E-state index in [1.54, 1.807) is 30.3 Å². The number of carbonyl (C=O) groups is 1. The topological polar surface area (TPSA) is 75.7 Å². The molecule has 1 heterocycles. The van der Waals surface area contributed by atoms with Gasteiger partial charge in [-0.2, -0.15) is 0 Å². The molecule has 3 aromatic rings. The second kappa shape index (κ2) is 12.1. The van der Waals surface area contributed by atoms with Crippen molar-refractivity contribution in [2.75, 3.05) is 4.72 Å². The van der Waals surface area contributed by atoms with E-state index in [4.69, 9.17) is 27.9 Å². The van der Waals surface area contributed by atoms with Crippen LogP contribution in [-0.2, 0) is 19.6 Å². The molecule has 3 fully saturated rings. The largest absolute Gasteiger partial charge is 0.358 e. The maximum atomic E-state index is 14.5. The lowest BCUT2D eigenvalue weighted by molar-refractivity contribution is -0.180. The van der Waals surface area contributed by atoms with Gasteiger partial charge in [-0.25, -0.2) is 17.2 Å². The van der Waals surface area contributed by atoms with Gasteiger partial charge in [0.05, 0.1) is 10.8 Å². The molecule has 3 aromatic carbocycles. The summed E-state index contributed by atoms with van der Waals surface area (Å²) in [4.78, 5) is 16.2. The first-order chi connectivity index (χ1) is 21.0. The van der Waals surface area contributed by atoms with E-state index in [1.807, 2.05) is 29.2 Å². The Hall–Kier alpha value is -2.98. The van der Waals surface area contributed by atoms with Crippen molar-refractivity contribution in [3.05, 3.63) is 112 Å². The highest BCUT2D eigenvalue weighted by atomic mass is 35.5. The van der Waals surface area contributed by atoms with Crippen molar-refractivity contribution in [3.8, 4) is 0 Å². The predicted octanol–water partition coefficient (Wildman–Crippen LogP) is 8.00. The Labute approximate surface area is 266 Å². The highest BCUT2D eigenvalue weighted by molar-refractivity contribution is 7.94. The van der Waals surface area contributed by atoms with E-state index in [1.165, 1.54) is 6.07 Å². The number of anilines is 1. The number of para-hydroxylation sites is 1. The van der Waals surface area contributed by atoms with E-state index in [9.17, 15) is 22.0 Å². The summed E-state index contributed by atoms with van der Waals surface area (Å²) in [6.45, 7) is 3.83. The smallest absolute Gasteiger partial charge is 0.252 e. The minimum absolute atomic E-state index is 0.0501. The van der Waals surface area contributed by atoms with Crippen LogP contribution in [0.3, 0.4) is 0 Å². The van der Waals surface area contributed by atoms with Crippen LogP contribution in [0.15, 0.2) is 79.4 Å². The minimum atomic E-state index is -4.24. The van der Waals surface area contributed by atoms with Crippen molar-refractivity contribution >= 4 is 44.8 Å². The van der Waals surface area contributed by atoms with Crippen LogP contribution in [-0.4, -0.2) is 36.1 Å². The van der Waals surface area contributed by atoms with Crippen molar-refractivity contribution in [2.45, 2.75) is 67.6 Å². The Balaban J connectivity index is 1.43. The van der Waals surface area contributed by atoms with Crippen LogP contribution in [0, 0.1) is 17.6 Å². The van der Waals surface area contributed by atoms with Gasteiger partial charge in [-0.3, -0.25) is 9.52 Å². The lowest BCUT2D eigenvalue weighted by Crippen LogP contribution is -2.56.